The molecule has 0 bridgehead atoms. The lowest BCUT2D eigenvalue weighted by Gasteiger charge is -2.10. The molecule has 6 nitrogen and oxygen atoms in total. The van der Waals surface area contributed by atoms with Crippen molar-refractivity contribution in [2.45, 2.75) is 13.5 Å². The monoisotopic (exact) mass is 464 g/mol. The average molecular weight is 465 g/mol. The van der Waals surface area contributed by atoms with Gasteiger partial charge in [0.15, 0.2) is 0 Å². The molecule has 0 aliphatic rings. The maximum Gasteiger partial charge on any atom is 0.135 e. The Morgan fingerprint density at radius 2 is 1.88 bits per heavy atom. The first-order chi connectivity index (χ1) is 16.5. The first-order valence-electron chi connectivity index (χ1n) is 11.2. The van der Waals surface area contributed by atoms with Gasteiger partial charge in [-0.1, -0.05) is 12.1 Å². The molecule has 0 aliphatic carbocycles. The van der Waals surface area contributed by atoms with E-state index in [9.17, 15) is 0 Å². The van der Waals surface area contributed by atoms with E-state index in [1.165, 1.54) is 20.7 Å². The van der Waals surface area contributed by atoms with E-state index >= 15 is 0 Å². The van der Waals surface area contributed by atoms with Gasteiger partial charge in [-0.3, -0.25) is 10.1 Å². The number of hydrogen-bond acceptors (Lipinski definition) is 5. The third-order valence-corrected chi connectivity index (χ3v) is 6.96. The molecule has 0 aliphatic heterocycles. The quantitative estimate of drug-likeness (QED) is 0.315. The summed E-state index contributed by atoms with van der Waals surface area (Å²) in [7, 11) is 4.11. The van der Waals surface area contributed by atoms with Crippen LogP contribution in [0.1, 0.15) is 10.4 Å². The smallest absolute Gasteiger partial charge is 0.135 e. The maximum absolute atomic E-state index is 4.99. The molecule has 0 fully saturated rings. The lowest BCUT2D eigenvalue weighted by Crippen LogP contribution is -2.10. The highest BCUT2D eigenvalue weighted by atomic mass is 32.1. The number of pyridine rings is 2. The van der Waals surface area contributed by atoms with Crippen molar-refractivity contribution in [1.82, 2.24) is 30.0 Å². The van der Waals surface area contributed by atoms with Gasteiger partial charge in [-0.15, -0.1) is 11.3 Å². The lowest BCUT2D eigenvalue weighted by molar-refractivity contribution is 0.402. The number of aromatic nitrogens is 5. The molecule has 2 N–H and O–H groups in total. The Kier molecular flexibility index (Phi) is 5.01. The third-order valence-electron chi connectivity index (χ3n) is 5.92. The molecule has 0 saturated heterocycles. The van der Waals surface area contributed by atoms with Gasteiger partial charge in [-0.05, 0) is 69.0 Å². The Hall–Kier alpha value is -3.81. The van der Waals surface area contributed by atoms with Crippen LogP contribution >= 0.6 is 11.3 Å². The summed E-state index contributed by atoms with van der Waals surface area (Å²) in [5.74, 6) is 0. The second-order valence-corrected chi connectivity index (χ2v) is 10.1. The van der Waals surface area contributed by atoms with Crippen molar-refractivity contribution < 1.29 is 0 Å². The van der Waals surface area contributed by atoms with Crippen LogP contribution < -0.4 is 0 Å². The van der Waals surface area contributed by atoms with Gasteiger partial charge in [-0.25, -0.2) is 4.98 Å². The number of fused-ring (bicyclic) bond motifs is 2. The van der Waals surface area contributed by atoms with Crippen molar-refractivity contribution in [3.63, 3.8) is 0 Å². The third kappa shape index (κ3) is 3.69. The molecule has 5 heterocycles. The fraction of sp³-hybridized carbons (Fsp3) is 0.148. The summed E-state index contributed by atoms with van der Waals surface area (Å²) in [5.41, 5.74) is 8.88. The Morgan fingerprint density at radius 1 is 0.971 bits per heavy atom. The number of thiophene rings is 1. The molecule has 6 aromatic rings. The predicted molar refractivity (Wildman–Crippen MR) is 140 cm³/mol. The summed E-state index contributed by atoms with van der Waals surface area (Å²) in [4.78, 5) is 17.7. The maximum atomic E-state index is 4.99. The summed E-state index contributed by atoms with van der Waals surface area (Å²) < 4.78 is 0. The minimum Gasteiger partial charge on any atom is -0.353 e. The van der Waals surface area contributed by atoms with Gasteiger partial charge < -0.3 is 9.88 Å². The van der Waals surface area contributed by atoms with Gasteiger partial charge in [0, 0.05) is 50.7 Å². The van der Waals surface area contributed by atoms with E-state index in [0.29, 0.717) is 0 Å². The molecule has 5 aromatic heterocycles. The van der Waals surface area contributed by atoms with E-state index in [1.807, 2.05) is 35.9 Å². The second-order valence-electron chi connectivity index (χ2n) is 8.84. The van der Waals surface area contributed by atoms with Crippen LogP contribution in [-0.4, -0.2) is 44.1 Å². The van der Waals surface area contributed by atoms with Crippen LogP contribution in [0.5, 0.6) is 0 Å². The van der Waals surface area contributed by atoms with Crippen LogP contribution in [0.2, 0.25) is 0 Å². The van der Waals surface area contributed by atoms with Gasteiger partial charge in [0.2, 0.25) is 0 Å². The number of benzene rings is 1. The summed E-state index contributed by atoms with van der Waals surface area (Å²) in [6, 6.07) is 19.1. The predicted octanol–water partition coefficient (Wildman–Crippen LogP) is 6.27. The number of hydrogen-bond donors (Lipinski definition) is 2. The molecule has 0 amide bonds. The number of nitrogens with zero attached hydrogens (tertiary/aromatic N) is 4. The molecule has 7 heteroatoms. The van der Waals surface area contributed by atoms with E-state index in [4.69, 9.17) is 4.98 Å². The number of rotatable bonds is 5. The zero-order valence-electron chi connectivity index (χ0n) is 19.3. The van der Waals surface area contributed by atoms with Gasteiger partial charge in [0.05, 0.1) is 16.9 Å². The zero-order chi connectivity index (χ0) is 23.2. The minimum atomic E-state index is 0.818. The first-order valence-corrected chi connectivity index (χ1v) is 12.0. The standard InChI is InChI=1S/C27H24N6S/c1-16-7-10-25(34-16)19-5-4-6-22-20(19)12-24(29-22)27-26-23(31-32-27)9-8-21(30-26)18-11-17(13-28-14-18)15-33(2)3/h4-14,29H,15H2,1-3H3,(H,31,32). The second kappa shape index (κ2) is 8.20. The first kappa shape index (κ1) is 20.8. The van der Waals surface area contributed by atoms with E-state index in [-0.39, 0.29) is 0 Å². The van der Waals surface area contributed by atoms with Gasteiger partial charge >= 0.3 is 0 Å². The highest BCUT2D eigenvalue weighted by Gasteiger charge is 2.16. The molecule has 168 valence electrons. The summed E-state index contributed by atoms with van der Waals surface area (Å²) in [6.45, 7) is 2.98. The molecule has 34 heavy (non-hydrogen) atoms. The topological polar surface area (TPSA) is 73.5 Å². The molecular formula is C27H24N6S. The Labute approximate surface area is 201 Å². The molecule has 0 spiro atoms. The summed E-state index contributed by atoms with van der Waals surface area (Å²) >= 11 is 1.81. The van der Waals surface area contributed by atoms with Gasteiger partial charge in [0.1, 0.15) is 11.2 Å². The van der Waals surface area contributed by atoms with Crippen molar-refractivity contribution >= 4 is 33.3 Å². The van der Waals surface area contributed by atoms with E-state index < -0.39 is 0 Å². The van der Waals surface area contributed by atoms with Gasteiger partial charge in [0.25, 0.3) is 0 Å². The van der Waals surface area contributed by atoms with Crippen LogP contribution in [0.4, 0.5) is 0 Å². The normalized spacial score (nSPS) is 11.8. The van der Waals surface area contributed by atoms with Crippen LogP contribution in [0.3, 0.4) is 0 Å². The number of nitrogens with one attached hydrogen (secondary N) is 2. The van der Waals surface area contributed by atoms with Crippen LogP contribution in [-0.2, 0) is 6.54 Å². The van der Waals surface area contributed by atoms with E-state index in [2.05, 4.69) is 88.5 Å². The largest absolute Gasteiger partial charge is 0.353 e. The molecule has 0 atom stereocenters. The van der Waals surface area contributed by atoms with Crippen LogP contribution in [0, 0.1) is 6.92 Å². The fourth-order valence-electron chi connectivity index (χ4n) is 4.40. The molecule has 0 radical (unpaired) electrons. The van der Waals surface area contributed by atoms with Crippen molar-refractivity contribution in [2.24, 2.45) is 0 Å². The molecular weight excluding hydrogens is 440 g/mol. The molecule has 0 unspecified atom stereocenters. The van der Waals surface area contributed by atoms with E-state index in [1.54, 1.807) is 0 Å². The SMILES string of the molecule is Cc1ccc(-c2cccc3[nH]c(-c4n[nH]c5ccc(-c6cncc(CN(C)C)c6)nc45)cc23)s1. The molecule has 0 saturated carbocycles. The number of aromatic amines is 2. The fourth-order valence-corrected chi connectivity index (χ4v) is 5.31. The van der Waals surface area contributed by atoms with E-state index in [0.717, 1.165) is 51.3 Å². The van der Waals surface area contributed by atoms with Crippen molar-refractivity contribution in [2.75, 3.05) is 14.1 Å². The van der Waals surface area contributed by atoms with Crippen LogP contribution in [0.15, 0.2) is 67.0 Å². The van der Waals surface area contributed by atoms with Crippen molar-refractivity contribution in [1.29, 1.82) is 0 Å². The van der Waals surface area contributed by atoms with Gasteiger partial charge in [-0.2, -0.15) is 5.10 Å². The Balaban J connectivity index is 1.45. The Morgan fingerprint density at radius 3 is 2.71 bits per heavy atom. The average Bonchev–Trinajstić information content (AvgIpc) is 3.55. The minimum absolute atomic E-state index is 0.818. The highest BCUT2D eigenvalue weighted by molar-refractivity contribution is 7.15. The summed E-state index contributed by atoms with van der Waals surface area (Å²) in [6.07, 6.45) is 3.77. The lowest BCUT2D eigenvalue weighted by atomic mass is 10.1. The zero-order valence-corrected chi connectivity index (χ0v) is 20.1. The van der Waals surface area contributed by atoms with Crippen LogP contribution in [0.25, 0.3) is 55.0 Å². The van der Waals surface area contributed by atoms with Crippen molar-refractivity contribution in [3.05, 3.63) is 77.4 Å². The number of H-pyrrole nitrogens is 2. The Bertz CT molecular complexity index is 1640. The number of aryl methyl sites for hydroxylation is 1. The highest BCUT2D eigenvalue weighted by Crippen LogP contribution is 2.36. The van der Waals surface area contributed by atoms with Crippen molar-refractivity contribution in [3.8, 4) is 33.1 Å². The summed E-state index contributed by atoms with van der Waals surface area (Å²) in [5, 5.41) is 8.95. The molecule has 1 aromatic carbocycles. The molecule has 6 rings (SSSR count).